The van der Waals surface area contributed by atoms with Gasteiger partial charge < -0.3 is 23.5 Å². The smallest absolute Gasteiger partial charge is 0.337 e. The lowest BCUT2D eigenvalue weighted by atomic mass is 9.93. The van der Waals surface area contributed by atoms with Crippen molar-refractivity contribution in [2.75, 3.05) is 33.9 Å². The van der Waals surface area contributed by atoms with E-state index in [1.54, 1.807) is 18.2 Å². The molecule has 4 heterocycles. The van der Waals surface area contributed by atoms with Gasteiger partial charge in [-0.2, -0.15) is 0 Å². The number of rotatable bonds is 12. The summed E-state index contributed by atoms with van der Waals surface area (Å²) in [5.41, 5.74) is 3.82. The van der Waals surface area contributed by atoms with Gasteiger partial charge in [0.05, 0.1) is 55.6 Å². The van der Waals surface area contributed by atoms with E-state index >= 15 is 0 Å². The van der Waals surface area contributed by atoms with Gasteiger partial charge in [-0.1, -0.05) is 6.07 Å². The monoisotopic (exact) mass is 642 g/mol. The maximum atomic E-state index is 15.0. The molecule has 246 valence electrons. The van der Waals surface area contributed by atoms with Gasteiger partial charge in [0.15, 0.2) is 5.78 Å². The number of esters is 1. The first-order valence-electron chi connectivity index (χ1n) is 16.3. The lowest BCUT2D eigenvalue weighted by Crippen LogP contribution is -2.35. The van der Waals surface area contributed by atoms with Crippen LogP contribution in [0.2, 0.25) is 0 Å². The van der Waals surface area contributed by atoms with E-state index in [-0.39, 0.29) is 36.3 Å². The minimum Gasteiger partial charge on any atom is -0.496 e. The zero-order valence-corrected chi connectivity index (χ0v) is 26.7. The number of pyridine rings is 1. The number of benzene rings is 2. The molecular formula is C36H39FN4O6. The summed E-state index contributed by atoms with van der Waals surface area (Å²) in [5.74, 6) is 1.08. The fraction of sp³-hybridized carbons (Fsp3) is 0.444. The van der Waals surface area contributed by atoms with Crippen molar-refractivity contribution >= 4 is 22.8 Å². The molecule has 4 aromatic rings. The van der Waals surface area contributed by atoms with Crippen molar-refractivity contribution in [3.8, 4) is 11.6 Å². The van der Waals surface area contributed by atoms with Crippen LogP contribution in [0.5, 0.6) is 11.6 Å². The second-order valence-corrected chi connectivity index (χ2v) is 12.6. The van der Waals surface area contributed by atoms with Crippen LogP contribution in [0.3, 0.4) is 0 Å². The van der Waals surface area contributed by atoms with Gasteiger partial charge in [-0.15, -0.1) is 0 Å². The lowest BCUT2D eigenvalue weighted by Gasteiger charge is -2.32. The van der Waals surface area contributed by atoms with Crippen molar-refractivity contribution in [1.82, 2.24) is 19.4 Å². The number of Topliss-reactive ketones (excluding diaryl/α,β-unsaturated/α-hetero) is 1. The first-order valence-corrected chi connectivity index (χ1v) is 16.3. The molecule has 0 radical (unpaired) electrons. The standard InChI is InChI=1S/C36H39FN4O6/c1-44-32-17-25(28(37)18-27(32)35(42)23-6-7-23)21-47-34-5-3-4-29(39-34)22-10-13-40(14-11-22)20-33-38-30-9-8-24(36(43)45-2)16-31(30)41(33)19-26-12-15-46-26/h3-5,8-9,16-18,22-23,26H,6-7,10-15,19-21H2,1-2H3. The maximum Gasteiger partial charge on any atom is 0.337 e. The van der Waals surface area contributed by atoms with E-state index in [9.17, 15) is 14.0 Å². The number of imidazole rings is 1. The number of aromatic nitrogens is 3. The summed E-state index contributed by atoms with van der Waals surface area (Å²) in [6, 6.07) is 14.0. The number of ketones is 1. The number of carbonyl (C=O) groups is 2. The molecule has 2 aliphatic heterocycles. The average Bonchev–Trinajstić information content (AvgIpc) is 3.88. The van der Waals surface area contributed by atoms with Crippen LogP contribution in [0.1, 0.15) is 75.8 Å². The Bertz CT molecular complexity index is 1790. The molecule has 3 aliphatic rings. The topological polar surface area (TPSA) is 105 Å². The second kappa shape index (κ2) is 13.4. The summed E-state index contributed by atoms with van der Waals surface area (Å²) < 4.78 is 39.2. The first kappa shape index (κ1) is 31.3. The Morgan fingerprint density at radius 3 is 2.51 bits per heavy atom. The first-order chi connectivity index (χ1) is 22.9. The van der Waals surface area contributed by atoms with Gasteiger partial charge in [-0.05, 0) is 81.6 Å². The molecule has 0 bridgehead atoms. The Balaban J connectivity index is 0.993. The van der Waals surface area contributed by atoms with Crippen LogP contribution in [0.15, 0.2) is 48.5 Å². The highest BCUT2D eigenvalue weighted by Gasteiger charge is 2.33. The molecule has 47 heavy (non-hydrogen) atoms. The quantitative estimate of drug-likeness (QED) is 0.142. The number of nitrogens with zero attached hydrogens (tertiary/aromatic N) is 4. The molecule has 1 aliphatic carbocycles. The third kappa shape index (κ3) is 6.73. The van der Waals surface area contributed by atoms with Crippen molar-refractivity contribution in [3.05, 3.63) is 82.6 Å². The Labute approximate surface area is 272 Å². The van der Waals surface area contributed by atoms with Gasteiger partial charge in [0.2, 0.25) is 5.88 Å². The van der Waals surface area contributed by atoms with Crippen LogP contribution in [0, 0.1) is 11.7 Å². The molecule has 10 nitrogen and oxygen atoms in total. The van der Waals surface area contributed by atoms with Gasteiger partial charge in [-0.3, -0.25) is 9.69 Å². The Hall–Kier alpha value is -4.35. The molecule has 0 N–H and O–H groups in total. The highest BCUT2D eigenvalue weighted by molar-refractivity contribution is 6.01. The number of hydrogen-bond acceptors (Lipinski definition) is 9. The van der Waals surface area contributed by atoms with E-state index < -0.39 is 5.82 Å². The SMILES string of the molecule is COC(=O)c1ccc2nc(CN3CCC(c4cccc(OCc5cc(OC)c(C(=O)C6CC6)cc5F)n4)CC3)n(CC3CCO3)c2c1. The number of carbonyl (C=O) groups excluding carboxylic acids is 2. The van der Waals surface area contributed by atoms with Gasteiger partial charge in [0.1, 0.15) is 24.0 Å². The number of likely N-dealkylation sites (tertiary alicyclic amines) is 1. The molecule has 2 aromatic heterocycles. The maximum absolute atomic E-state index is 15.0. The van der Waals surface area contributed by atoms with Gasteiger partial charge in [0, 0.05) is 35.8 Å². The molecule has 1 unspecified atom stereocenters. The number of hydrogen-bond donors (Lipinski definition) is 0. The molecular weight excluding hydrogens is 603 g/mol. The molecule has 1 atom stereocenters. The molecule has 7 rings (SSSR count). The Morgan fingerprint density at radius 2 is 1.81 bits per heavy atom. The van der Waals surface area contributed by atoms with Crippen LogP contribution in [-0.4, -0.2) is 71.2 Å². The molecule has 1 saturated carbocycles. The van der Waals surface area contributed by atoms with E-state index in [0.717, 1.165) is 74.4 Å². The number of halogens is 1. The summed E-state index contributed by atoms with van der Waals surface area (Å²) in [5, 5.41) is 0. The van der Waals surface area contributed by atoms with Crippen LogP contribution in [0.4, 0.5) is 4.39 Å². The molecule has 0 amide bonds. The van der Waals surface area contributed by atoms with E-state index in [1.807, 2.05) is 24.3 Å². The van der Waals surface area contributed by atoms with Gasteiger partial charge in [0.25, 0.3) is 0 Å². The minimum atomic E-state index is -0.490. The number of methoxy groups -OCH3 is 2. The summed E-state index contributed by atoms with van der Waals surface area (Å²) in [4.78, 5) is 36.9. The highest BCUT2D eigenvalue weighted by atomic mass is 19.1. The highest BCUT2D eigenvalue weighted by Crippen LogP contribution is 2.36. The zero-order valence-electron chi connectivity index (χ0n) is 26.7. The van der Waals surface area contributed by atoms with Crippen LogP contribution in [-0.2, 0) is 29.2 Å². The Kier molecular flexibility index (Phi) is 8.92. The minimum absolute atomic E-state index is 0.0248. The van der Waals surface area contributed by atoms with Crippen molar-refractivity contribution < 1.29 is 32.9 Å². The number of piperidine rings is 1. The fourth-order valence-electron chi connectivity index (χ4n) is 6.48. The summed E-state index contributed by atoms with van der Waals surface area (Å²) in [6.45, 7) is 3.90. The van der Waals surface area contributed by atoms with E-state index in [1.165, 1.54) is 20.3 Å². The van der Waals surface area contributed by atoms with Crippen LogP contribution in [0.25, 0.3) is 11.0 Å². The third-order valence-corrected chi connectivity index (χ3v) is 9.50. The Morgan fingerprint density at radius 1 is 1.00 bits per heavy atom. The normalized spacial score (nSPS) is 18.6. The summed E-state index contributed by atoms with van der Waals surface area (Å²) >= 11 is 0. The van der Waals surface area contributed by atoms with Crippen LogP contribution < -0.4 is 9.47 Å². The van der Waals surface area contributed by atoms with Gasteiger partial charge >= 0.3 is 5.97 Å². The van der Waals surface area contributed by atoms with Gasteiger partial charge in [-0.25, -0.2) is 19.2 Å². The van der Waals surface area contributed by atoms with Crippen LogP contribution >= 0.6 is 0 Å². The second-order valence-electron chi connectivity index (χ2n) is 12.6. The molecule has 11 heteroatoms. The van der Waals surface area contributed by atoms with Crippen molar-refractivity contribution in [2.45, 2.75) is 63.8 Å². The molecule has 0 spiro atoms. The summed E-state index contributed by atoms with van der Waals surface area (Å²) in [7, 11) is 2.87. The summed E-state index contributed by atoms with van der Waals surface area (Å²) in [6.07, 6.45) is 4.69. The largest absolute Gasteiger partial charge is 0.496 e. The predicted octanol–water partition coefficient (Wildman–Crippen LogP) is 5.71. The van der Waals surface area contributed by atoms with Crippen molar-refractivity contribution in [3.63, 3.8) is 0 Å². The van der Waals surface area contributed by atoms with Crippen molar-refractivity contribution in [1.29, 1.82) is 0 Å². The number of ether oxygens (including phenoxy) is 4. The molecule has 3 fully saturated rings. The van der Waals surface area contributed by atoms with E-state index in [2.05, 4.69) is 9.47 Å². The fourth-order valence-corrected chi connectivity index (χ4v) is 6.48. The van der Waals surface area contributed by atoms with E-state index in [4.69, 9.17) is 28.9 Å². The predicted molar refractivity (Wildman–Crippen MR) is 171 cm³/mol. The number of fused-ring (bicyclic) bond motifs is 1. The van der Waals surface area contributed by atoms with Crippen molar-refractivity contribution in [2.24, 2.45) is 5.92 Å². The molecule has 2 aromatic carbocycles. The lowest BCUT2D eigenvalue weighted by molar-refractivity contribution is -0.0592. The average molecular weight is 643 g/mol. The van der Waals surface area contributed by atoms with E-state index in [0.29, 0.717) is 41.4 Å². The zero-order chi connectivity index (χ0) is 32.5. The third-order valence-electron chi connectivity index (χ3n) is 9.50. The molecule has 2 saturated heterocycles.